The lowest BCUT2D eigenvalue weighted by molar-refractivity contribution is 0.0930. The van der Waals surface area contributed by atoms with Crippen LogP contribution in [0.25, 0.3) is 0 Å². The van der Waals surface area contributed by atoms with E-state index in [1.54, 1.807) is 62.3 Å². The molecule has 0 N–H and O–H groups in total. The minimum absolute atomic E-state index is 0.0982. The van der Waals surface area contributed by atoms with E-state index >= 15 is 0 Å². The summed E-state index contributed by atoms with van der Waals surface area (Å²) in [5, 5.41) is 0. The maximum Gasteiger partial charge on any atom is 0.212 e. The molecular formula is C14H16N2O2. The zero-order valence-electron chi connectivity index (χ0n) is 11.0. The molecule has 18 heavy (non-hydrogen) atoms. The van der Waals surface area contributed by atoms with E-state index in [1.807, 2.05) is 0 Å². The SMILES string of the molecule is CN(C)C1=C(N(C)C)C(=O)c2ccccc2C1=O. The molecule has 0 spiro atoms. The first-order chi connectivity index (χ1) is 8.45. The van der Waals surface area contributed by atoms with E-state index in [-0.39, 0.29) is 11.6 Å². The highest BCUT2D eigenvalue weighted by Gasteiger charge is 2.34. The molecule has 0 saturated heterocycles. The number of allylic oxidation sites excluding steroid dienone is 2. The van der Waals surface area contributed by atoms with Gasteiger partial charge in [-0.3, -0.25) is 9.59 Å². The van der Waals surface area contributed by atoms with Crippen molar-refractivity contribution < 1.29 is 9.59 Å². The van der Waals surface area contributed by atoms with Crippen molar-refractivity contribution in [2.45, 2.75) is 0 Å². The summed E-state index contributed by atoms with van der Waals surface area (Å²) in [5.41, 5.74) is 1.86. The Morgan fingerprint density at radius 3 is 1.33 bits per heavy atom. The van der Waals surface area contributed by atoms with Crippen molar-refractivity contribution in [3.63, 3.8) is 0 Å². The van der Waals surface area contributed by atoms with Crippen molar-refractivity contribution in [1.82, 2.24) is 9.80 Å². The van der Waals surface area contributed by atoms with Gasteiger partial charge in [0.2, 0.25) is 11.6 Å². The molecule has 0 fully saturated rings. The number of nitrogens with zero attached hydrogens (tertiary/aromatic N) is 2. The molecule has 94 valence electrons. The maximum atomic E-state index is 12.4. The highest BCUT2D eigenvalue weighted by Crippen LogP contribution is 2.28. The van der Waals surface area contributed by atoms with Crippen LogP contribution in [-0.2, 0) is 0 Å². The van der Waals surface area contributed by atoms with Crippen LogP contribution in [-0.4, -0.2) is 49.6 Å². The summed E-state index contributed by atoms with van der Waals surface area (Å²) in [6.45, 7) is 0. The number of likely N-dealkylation sites (N-methyl/N-ethyl adjacent to an activating group) is 2. The summed E-state index contributed by atoms with van der Waals surface area (Å²) in [5.74, 6) is -0.196. The van der Waals surface area contributed by atoms with Gasteiger partial charge in [0.05, 0.1) is 0 Å². The van der Waals surface area contributed by atoms with Gasteiger partial charge < -0.3 is 9.80 Å². The summed E-state index contributed by atoms with van der Waals surface area (Å²) in [6.07, 6.45) is 0. The monoisotopic (exact) mass is 244 g/mol. The summed E-state index contributed by atoms with van der Waals surface area (Å²) in [7, 11) is 7.10. The zero-order chi connectivity index (χ0) is 13.4. The minimum atomic E-state index is -0.0982. The molecule has 2 rings (SSSR count). The molecule has 0 aromatic heterocycles. The fraction of sp³-hybridized carbons (Fsp3) is 0.286. The average molecular weight is 244 g/mol. The normalized spacial score (nSPS) is 14.7. The van der Waals surface area contributed by atoms with Gasteiger partial charge >= 0.3 is 0 Å². The molecule has 1 aromatic rings. The van der Waals surface area contributed by atoms with Crippen molar-refractivity contribution in [3.05, 3.63) is 46.8 Å². The second-order valence-corrected chi connectivity index (χ2v) is 4.69. The van der Waals surface area contributed by atoms with Crippen LogP contribution in [0.2, 0.25) is 0 Å². The number of carbonyl (C=O) groups is 2. The second-order valence-electron chi connectivity index (χ2n) is 4.69. The lowest BCUT2D eigenvalue weighted by atomic mass is 9.89. The summed E-state index contributed by atoms with van der Waals surface area (Å²) in [4.78, 5) is 28.3. The molecule has 1 aromatic carbocycles. The van der Waals surface area contributed by atoms with E-state index < -0.39 is 0 Å². The fourth-order valence-electron chi connectivity index (χ4n) is 2.18. The largest absolute Gasteiger partial charge is 0.373 e. The Labute approximate surface area is 106 Å². The number of benzene rings is 1. The molecule has 0 radical (unpaired) electrons. The number of carbonyl (C=O) groups excluding carboxylic acids is 2. The average Bonchev–Trinajstić information content (AvgIpc) is 2.32. The van der Waals surface area contributed by atoms with Crippen molar-refractivity contribution in [2.24, 2.45) is 0 Å². The Balaban J connectivity index is 2.72. The molecule has 4 nitrogen and oxygen atoms in total. The van der Waals surface area contributed by atoms with Gasteiger partial charge in [-0.1, -0.05) is 24.3 Å². The molecular weight excluding hydrogens is 228 g/mol. The van der Waals surface area contributed by atoms with Gasteiger partial charge in [0.1, 0.15) is 11.4 Å². The van der Waals surface area contributed by atoms with E-state index in [1.165, 1.54) is 0 Å². The van der Waals surface area contributed by atoms with Gasteiger partial charge in [0.15, 0.2) is 0 Å². The molecule has 1 aliphatic rings. The molecule has 1 aliphatic carbocycles. The number of fused-ring (bicyclic) bond motifs is 1. The quantitative estimate of drug-likeness (QED) is 0.788. The van der Waals surface area contributed by atoms with Crippen LogP contribution in [0.15, 0.2) is 35.7 Å². The topological polar surface area (TPSA) is 40.6 Å². The molecule has 0 atom stereocenters. The minimum Gasteiger partial charge on any atom is -0.373 e. The smallest absolute Gasteiger partial charge is 0.212 e. The standard InChI is InChI=1S/C14H16N2O2/c1-15(2)11-12(16(3)4)14(18)10-8-6-5-7-9(10)13(11)17/h5-8H,1-4H3. The molecule has 0 aliphatic heterocycles. The predicted molar refractivity (Wildman–Crippen MR) is 69.5 cm³/mol. The van der Waals surface area contributed by atoms with E-state index in [0.29, 0.717) is 22.5 Å². The van der Waals surface area contributed by atoms with Crippen LogP contribution in [0.1, 0.15) is 20.7 Å². The maximum absolute atomic E-state index is 12.4. The van der Waals surface area contributed by atoms with Crippen molar-refractivity contribution >= 4 is 11.6 Å². The Morgan fingerprint density at radius 1 is 0.722 bits per heavy atom. The lowest BCUT2D eigenvalue weighted by Gasteiger charge is -2.29. The second kappa shape index (κ2) is 4.29. The van der Waals surface area contributed by atoms with Crippen molar-refractivity contribution in [3.8, 4) is 0 Å². The third-order valence-electron chi connectivity index (χ3n) is 2.97. The predicted octanol–water partition coefficient (Wildman–Crippen LogP) is 1.40. The van der Waals surface area contributed by atoms with Crippen molar-refractivity contribution in [2.75, 3.05) is 28.2 Å². The first kappa shape index (κ1) is 12.4. The lowest BCUT2D eigenvalue weighted by Crippen LogP contribution is -2.35. The number of hydrogen-bond donors (Lipinski definition) is 0. The number of hydrogen-bond acceptors (Lipinski definition) is 4. The van der Waals surface area contributed by atoms with Gasteiger partial charge in [-0.25, -0.2) is 0 Å². The van der Waals surface area contributed by atoms with Gasteiger partial charge in [0, 0.05) is 39.3 Å². The van der Waals surface area contributed by atoms with E-state index in [0.717, 1.165) is 0 Å². The van der Waals surface area contributed by atoms with Crippen molar-refractivity contribution in [1.29, 1.82) is 0 Å². The van der Waals surface area contributed by atoms with Crippen LogP contribution in [0, 0.1) is 0 Å². The fourth-order valence-corrected chi connectivity index (χ4v) is 2.18. The van der Waals surface area contributed by atoms with Crippen LogP contribution in [0.5, 0.6) is 0 Å². The molecule has 0 unspecified atom stereocenters. The van der Waals surface area contributed by atoms with Gasteiger partial charge in [-0.15, -0.1) is 0 Å². The van der Waals surface area contributed by atoms with Crippen LogP contribution in [0.4, 0.5) is 0 Å². The molecule has 0 saturated carbocycles. The number of ketones is 2. The number of Topliss-reactive ketones (excluding diaryl/α,β-unsaturated/α-hetero) is 2. The highest BCUT2D eigenvalue weighted by molar-refractivity contribution is 6.26. The molecule has 0 bridgehead atoms. The van der Waals surface area contributed by atoms with E-state index in [4.69, 9.17) is 0 Å². The summed E-state index contributed by atoms with van der Waals surface area (Å²) in [6, 6.07) is 6.95. The summed E-state index contributed by atoms with van der Waals surface area (Å²) < 4.78 is 0. The third-order valence-corrected chi connectivity index (χ3v) is 2.97. The Morgan fingerprint density at radius 2 is 1.06 bits per heavy atom. The first-order valence-electron chi connectivity index (χ1n) is 5.72. The molecule has 0 amide bonds. The van der Waals surface area contributed by atoms with Gasteiger partial charge in [-0.05, 0) is 0 Å². The van der Waals surface area contributed by atoms with Crippen LogP contribution in [0.3, 0.4) is 0 Å². The highest BCUT2D eigenvalue weighted by atomic mass is 16.1. The molecule has 4 heteroatoms. The van der Waals surface area contributed by atoms with E-state index in [9.17, 15) is 9.59 Å². The Hall–Kier alpha value is -2.10. The third kappa shape index (κ3) is 1.70. The number of rotatable bonds is 2. The summed E-state index contributed by atoms with van der Waals surface area (Å²) >= 11 is 0. The molecule has 0 heterocycles. The Kier molecular flexibility index (Phi) is 2.95. The Bertz CT molecular complexity index is 508. The van der Waals surface area contributed by atoms with Crippen LogP contribution >= 0.6 is 0 Å². The first-order valence-corrected chi connectivity index (χ1v) is 5.72. The zero-order valence-corrected chi connectivity index (χ0v) is 11.0. The van der Waals surface area contributed by atoms with Gasteiger partial charge in [-0.2, -0.15) is 0 Å². The van der Waals surface area contributed by atoms with Gasteiger partial charge in [0.25, 0.3) is 0 Å². The van der Waals surface area contributed by atoms with E-state index in [2.05, 4.69) is 0 Å². The van der Waals surface area contributed by atoms with Crippen LogP contribution < -0.4 is 0 Å².